The normalized spacial score (nSPS) is 11.1. The van der Waals surface area contributed by atoms with Crippen molar-refractivity contribution >= 4 is 20.8 Å². The fourth-order valence-electron chi connectivity index (χ4n) is 0.109. The molecule has 0 aliphatic heterocycles. The molecule has 0 aliphatic carbocycles. The first-order valence-corrected chi connectivity index (χ1v) is 4.10. The predicted octanol–water partition coefficient (Wildman–Crippen LogP) is -1.09. The van der Waals surface area contributed by atoms with Gasteiger partial charge in [0.15, 0.2) is 0 Å². The summed E-state index contributed by atoms with van der Waals surface area (Å²) in [4.78, 5) is 0. The van der Waals surface area contributed by atoms with Gasteiger partial charge in [0.2, 0.25) is 0 Å². The quantitative estimate of drug-likeness (QED) is 0.565. The van der Waals surface area contributed by atoms with E-state index in [1.807, 2.05) is 0 Å². The van der Waals surface area contributed by atoms with Crippen LogP contribution in [0.4, 0.5) is 9.41 Å². The van der Waals surface area contributed by atoms with E-state index in [1.165, 1.54) is 0 Å². The van der Waals surface area contributed by atoms with Crippen LogP contribution in [0.2, 0.25) is 0 Å². The highest BCUT2D eigenvalue weighted by Crippen LogP contribution is 1.91. The van der Waals surface area contributed by atoms with Crippen molar-refractivity contribution < 1.29 is 39.0 Å². The van der Waals surface area contributed by atoms with Gasteiger partial charge in [-0.1, -0.05) is 0 Å². The van der Waals surface area contributed by atoms with Crippen LogP contribution in [0.15, 0.2) is 0 Å². The van der Waals surface area contributed by atoms with E-state index >= 15 is 0 Å². The zero-order valence-electron chi connectivity index (χ0n) is 4.57. The number of halogens is 2. The van der Waals surface area contributed by atoms with E-state index in [2.05, 4.69) is 3.63 Å². The number of rotatable bonds is 2. The fourth-order valence-corrected chi connectivity index (χ4v) is 0.978. The lowest BCUT2D eigenvalue weighted by Gasteiger charge is -1.89. The predicted molar refractivity (Wildman–Crippen MR) is 29.2 cm³/mol. The summed E-state index contributed by atoms with van der Waals surface area (Å²) in [5, 5.41) is 0. The van der Waals surface area contributed by atoms with Crippen molar-refractivity contribution in [2.24, 2.45) is 0 Å². The monoisotopic (exact) mass is 218 g/mol. The van der Waals surface area contributed by atoms with Crippen LogP contribution in [0.1, 0.15) is 0 Å². The van der Waals surface area contributed by atoms with Crippen molar-refractivity contribution in [2.75, 3.05) is 0 Å². The molecule has 11 heteroatoms. The molecule has 7 nitrogen and oxygen atoms in total. The summed E-state index contributed by atoms with van der Waals surface area (Å²) in [6.45, 7) is 0. The Morgan fingerprint density at radius 3 is 1.00 bits per heavy atom. The lowest BCUT2D eigenvalue weighted by Crippen LogP contribution is -2.10. The molecule has 0 atom stereocenters. The molecule has 0 saturated carbocycles. The second kappa shape index (κ2) is 4.50. The molecule has 0 aromatic rings. The van der Waals surface area contributed by atoms with Crippen LogP contribution >= 0.6 is 0 Å². The highest BCUT2D eigenvalue weighted by atomic mass is 32.3. The molecule has 0 aromatic carbocycles. The third-order valence-electron chi connectivity index (χ3n) is 0.172. The highest BCUT2D eigenvalue weighted by molar-refractivity contribution is 7.94. The minimum absolute atomic E-state index is 0. The molecule has 11 heavy (non-hydrogen) atoms. The molecule has 0 amide bonds. The largest absolute Gasteiger partial charge is 0.413 e. The van der Waals surface area contributed by atoms with E-state index in [4.69, 9.17) is 9.11 Å². The van der Waals surface area contributed by atoms with Gasteiger partial charge in [0.1, 0.15) is 0 Å². The third-order valence-corrected chi connectivity index (χ3v) is 1.55. The molecule has 0 aliphatic rings. The molecule has 0 aromatic heterocycles. The van der Waals surface area contributed by atoms with Gasteiger partial charge in [-0.15, -0.1) is 3.63 Å². The maximum atomic E-state index is 9.44. The van der Waals surface area contributed by atoms with E-state index in [0.29, 0.717) is 0 Å². The topological polar surface area (TPSA) is 118 Å². The van der Waals surface area contributed by atoms with Crippen molar-refractivity contribution in [3.05, 3.63) is 0 Å². The summed E-state index contributed by atoms with van der Waals surface area (Å²) in [5.74, 6) is 0. The van der Waals surface area contributed by atoms with Gasteiger partial charge in [-0.25, -0.2) is 0 Å². The highest BCUT2D eigenvalue weighted by Gasteiger charge is 2.15. The van der Waals surface area contributed by atoms with E-state index in [0.717, 1.165) is 0 Å². The molecular formula is H4F2O7S2. The Bertz CT molecular complexity index is 240. The van der Waals surface area contributed by atoms with E-state index < -0.39 is 20.8 Å². The van der Waals surface area contributed by atoms with Crippen molar-refractivity contribution in [1.82, 2.24) is 0 Å². The first-order valence-electron chi connectivity index (χ1n) is 1.37. The smallest absolute Gasteiger partial charge is 0.269 e. The number of hydrogen-bond donors (Lipinski definition) is 2. The first-order chi connectivity index (χ1) is 3.71. The molecule has 0 unspecified atom stereocenters. The van der Waals surface area contributed by atoms with Crippen LogP contribution in [0.5, 0.6) is 0 Å². The Morgan fingerprint density at radius 2 is 1.00 bits per heavy atom. The Morgan fingerprint density at radius 1 is 0.818 bits per heavy atom. The summed E-state index contributed by atoms with van der Waals surface area (Å²) in [7, 11) is -10.2. The Hall–Kier alpha value is -0.360. The molecule has 72 valence electrons. The van der Waals surface area contributed by atoms with Gasteiger partial charge >= 0.3 is 20.8 Å². The van der Waals surface area contributed by atoms with Crippen molar-refractivity contribution in [1.29, 1.82) is 0 Å². The summed E-state index contributed by atoms with van der Waals surface area (Å²) < 4.78 is 55.6. The molecule has 0 bridgehead atoms. The zero-order chi connectivity index (χ0) is 7.71. The van der Waals surface area contributed by atoms with Gasteiger partial charge in [0.25, 0.3) is 0 Å². The van der Waals surface area contributed by atoms with Crippen LogP contribution in [-0.2, 0) is 24.4 Å². The van der Waals surface area contributed by atoms with Gasteiger partial charge in [0, 0.05) is 0 Å². The molecular weight excluding hydrogens is 214 g/mol. The minimum Gasteiger partial charge on any atom is -0.269 e. The second-order valence-electron chi connectivity index (χ2n) is 0.924. The molecule has 2 N–H and O–H groups in total. The van der Waals surface area contributed by atoms with Gasteiger partial charge in [0.05, 0.1) is 0 Å². The average molecular weight is 218 g/mol. The SMILES string of the molecule is F.F.O=S(=O)(O)OS(=O)(=O)O. The number of hydrogen-bond acceptors (Lipinski definition) is 5. The van der Waals surface area contributed by atoms with Gasteiger partial charge in [-0.05, 0) is 0 Å². The van der Waals surface area contributed by atoms with Gasteiger partial charge < -0.3 is 0 Å². The molecule has 0 heterocycles. The van der Waals surface area contributed by atoms with Crippen molar-refractivity contribution in [3.63, 3.8) is 0 Å². The lowest BCUT2D eigenvalue weighted by atomic mass is 15.8. The average Bonchev–Trinajstić information content (AvgIpc) is 1.14. The van der Waals surface area contributed by atoms with Crippen LogP contribution in [0.25, 0.3) is 0 Å². The van der Waals surface area contributed by atoms with Crippen LogP contribution in [0.3, 0.4) is 0 Å². The first kappa shape index (κ1) is 16.9. The van der Waals surface area contributed by atoms with E-state index in [1.54, 1.807) is 0 Å². The second-order valence-corrected chi connectivity index (χ2v) is 3.18. The third kappa shape index (κ3) is 17.7. The fraction of sp³-hybridized carbons (Fsp3) is 0. The molecule has 0 fully saturated rings. The molecule has 0 saturated heterocycles. The van der Waals surface area contributed by atoms with Crippen LogP contribution < -0.4 is 0 Å². The van der Waals surface area contributed by atoms with Gasteiger partial charge in [-0.2, -0.15) is 16.8 Å². The molecule has 0 rings (SSSR count). The maximum absolute atomic E-state index is 9.44. The summed E-state index contributed by atoms with van der Waals surface area (Å²) in [5.41, 5.74) is 0. The zero-order valence-corrected chi connectivity index (χ0v) is 6.20. The standard InChI is InChI=1S/2FH.H2O7S2/c;;1-8(2,3)7-9(4,5)6/h2*1H;(H,1,2,3)(H,4,5,6). The van der Waals surface area contributed by atoms with Gasteiger partial charge in [-0.3, -0.25) is 18.5 Å². The summed E-state index contributed by atoms with van der Waals surface area (Å²) >= 11 is 0. The molecule has 0 spiro atoms. The van der Waals surface area contributed by atoms with E-state index in [9.17, 15) is 16.8 Å². The Balaban J connectivity index is -0.000000320. The van der Waals surface area contributed by atoms with Crippen molar-refractivity contribution in [3.8, 4) is 0 Å². The maximum Gasteiger partial charge on any atom is 0.413 e. The summed E-state index contributed by atoms with van der Waals surface area (Å²) in [6, 6.07) is 0. The Kier molecular flexibility index (Phi) is 6.94. The minimum atomic E-state index is -5.12. The van der Waals surface area contributed by atoms with E-state index in [-0.39, 0.29) is 9.41 Å². The molecule has 0 radical (unpaired) electrons. The lowest BCUT2D eigenvalue weighted by molar-refractivity contribution is 0.344. The summed E-state index contributed by atoms with van der Waals surface area (Å²) in [6.07, 6.45) is 0. The van der Waals surface area contributed by atoms with Crippen LogP contribution in [-0.4, -0.2) is 25.9 Å². The Labute approximate surface area is 60.6 Å². The van der Waals surface area contributed by atoms with Crippen molar-refractivity contribution in [2.45, 2.75) is 0 Å². The van der Waals surface area contributed by atoms with Crippen LogP contribution in [0, 0.1) is 0 Å².